The van der Waals surface area contributed by atoms with E-state index in [0.717, 1.165) is 17.8 Å². The molecule has 0 saturated carbocycles. The molecular weight excluding hydrogens is 279 g/mol. The summed E-state index contributed by atoms with van der Waals surface area (Å²) in [7, 11) is 3.66. The first kappa shape index (κ1) is 14.9. The van der Waals surface area contributed by atoms with E-state index in [1.165, 1.54) is 6.20 Å². The SMILES string of the molecule is CCc1nn(C)c(CC(NC)c2ccncc2F)c1Cl. The molecule has 0 aliphatic rings. The highest BCUT2D eigenvalue weighted by Crippen LogP contribution is 2.27. The summed E-state index contributed by atoms with van der Waals surface area (Å²) in [5.74, 6) is -0.319. The van der Waals surface area contributed by atoms with E-state index in [-0.39, 0.29) is 11.9 Å². The lowest BCUT2D eigenvalue weighted by Crippen LogP contribution is -2.21. The van der Waals surface area contributed by atoms with Crippen LogP contribution in [0, 0.1) is 5.82 Å². The molecule has 0 spiro atoms. The van der Waals surface area contributed by atoms with Gasteiger partial charge in [-0.1, -0.05) is 18.5 Å². The number of pyridine rings is 1. The first-order chi connectivity index (χ1) is 9.58. The molecule has 4 nitrogen and oxygen atoms in total. The van der Waals surface area contributed by atoms with Crippen molar-refractivity contribution in [2.45, 2.75) is 25.8 Å². The van der Waals surface area contributed by atoms with Crippen molar-refractivity contribution in [2.75, 3.05) is 7.05 Å². The Bertz CT molecular complexity index is 597. The Hall–Kier alpha value is -1.46. The quantitative estimate of drug-likeness (QED) is 0.922. The van der Waals surface area contributed by atoms with Crippen molar-refractivity contribution in [3.05, 3.63) is 46.3 Å². The van der Waals surface area contributed by atoms with Gasteiger partial charge in [-0.2, -0.15) is 5.10 Å². The molecule has 0 fully saturated rings. The topological polar surface area (TPSA) is 42.7 Å². The van der Waals surface area contributed by atoms with Crippen LogP contribution in [0.3, 0.4) is 0 Å². The summed E-state index contributed by atoms with van der Waals surface area (Å²) < 4.78 is 15.6. The molecule has 0 saturated heterocycles. The van der Waals surface area contributed by atoms with Crippen molar-refractivity contribution in [3.63, 3.8) is 0 Å². The molecule has 2 aromatic heterocycles. The number of hydrogen-bond acceptors (Lipinski definition) is 3. The van der Waals surface area contributed by atoms with Crippen LogP contribution in [0.2, 0.25) is 5.02 Å². The molecule has 0 aromatic carbocycles. The van der Waals surface area contributed by atoms with E-state index in [1.54, 1.807) is 24.0 Å². The third-order valence-electron chi connectivity index (χ3n) is 3.43. The standard InChI is InChI=1S/C14H18ClFN4/c1-4-11-14(15)13(20(3)19-11)7-12(17-2)9-5-6-18-8-10(9)16/h5-6,8,12,17H,4,7H2,1-3H3. The molecule has 0 radical (unpaired) electrons. The van der Waals surface area contributed by atoms with E-state index < -0.39 is 0 Å². The minimum Gasteiger partial charge on any atom is -0.313 e. The van der Waals surface area contributed by atoms with E-state index in [0.29, 0.717) is 17.0 Å². The maximum Gasteiger partial charge on any atom is 0.146 e. The molecule has 108 valence electrons. The fourth-order valence-corrected chi connectivity index (χ4v) is 2.64. The Morgan fingerprint density at radius 2 is 2.25 bits per heavy atom. The fourth-order valence-electron chi connectivity index (χ4n) is 2.27. The number of likely N-dealkylation sites (N-methyl/N-ethyl adjacent to an activating group) is 1. The van der Waals surface area contributed by atoms with Gasteiger partial charge in [-0.25, -0.2) is 4.39 Å². The number of rotatable bonds is 5. The summed E-state index contributed by atoms with van der Waals surface area (Å²) in [6, 6.07) is 1.51. The van der Waals surface area contributed by atoms with E-state index in [9.17, 15) is 4.39 Å². The summed E-state index contributed by atoms with van der Waals surface area (Å²) in [6.07, 6.45) is 4.16. The van der Waals surface area contributed by atoms with E-state index in [4.69, 9.17) is 11.6 Å². The molecular formula is C14H18ClFN4. The predicted molar refractivity (Wildman–Crippen MR) is 77.3 cm³/mol. The lowest BCUT2D eigenvalue weighted by molar-refractivity contribution is 0.517. The maximum atomic E-state index is 13.8. The van der Waals surface area contributed by atoms with Gasteiger partial charge in [-0.15, -0.1) is 0 Å². The average Bonchev–Trinajstić information content (AvgIpc) is 2.72. The summed E-state index contributed by atoms with van der Waals surface area (Å²) >= 11 is 6.34. The van der Waals surface area contributed by atoms with Gasteiger partial charge in [-0.05, 0) is 19.5 Å². The second-order valence-electron chi connectivity index (χ2n) is 4.63. The Morgan fingerprint density at radius 1 is 1.50 bits per heavy atom. The highest BCUT2D eigenvalue weighted by Gasteiger charge is 2.20. The monoisotopic (exact) mass is 296 g/mol. The van der Waals surface area contributed by atoms with Gasteiger partial charge in [0.2, 0.25) is 0 Å². The van der Waals surface area contributed by atoms with Crippen LogP contribution in [0.1, 0.15) is 29.9 Å². The molecule has 1 N–H and O–H groups in total. The summed E-state index contributed by atoms with van der Waals surface area (Å²) in [4.78, 5) is 3.77. The third-order valence-corrected chi connectivity index (χ3v) is 3.86. The predicted octanol–water partition coefficient (Wildman–Crippen LogP) is 2.67. The minimum absolute atomic E-state index is 0.171. The van der Waals surface area contributed by atoms with Crippen LogP contribution >= 0.6 is 11.6 Å². The molecule has 0 bridgehead atoms. The summed E-state index contributed by atoms with van der Waals surface area (Å²) in [5, 5.41) is 8.18. The van der Waals surface area contributed by atoms with Crippen LogP contribution < -0.4 is 5.32 Å². The van der Waals surface area contributed by atoms with Crippen LogP contribution in [-0.2, 0) is 19.9 Å². The van der Waals surface area contributed by atoms with Gasteiger partial charge in [0.1, 0.15) is 5.82 Å². The summed E-state index contributed by atoms with van der Waals surface area (Å²) in [5.41, 5.74) is 2.35. The lowest BCUT2D eigenvalue weighted by atomic mass is 10.0. The second-order valence-corrected chi connectivity index (χ2v) is 5.01. The van der Waals surface area contributed by atoms with E-state index in [2.05, 4.69) is 15.4 Å². The number of nitrogens with zero attached hydrogens (tertiary/aromatic N) is 3. The maximum absolute atomic E-state index is 13.8. The van der Waals surface area contributed by atoms with Crippen molar-refractivity contribution in [2.24, 2.45) is 7.05 Å². The van der Waals surface area contributed by atoms with Crippen LogP contribution in [0.25, 0.3) is 0 Å². The minimum atomic E-state index is -0.319. The van der Waals surface area contributed by atoms with Crippen LogP contribution in [0.15, 0.2) is 18.5 Å². The zero-order chi connectivity index (χ0) is 14.7. The zero-order valence-corrected chi connectivity index (χ0v) is 12.6. The van der Waals surface area contributed by atoms with Crippen molar-refractivity contribution in [1.29, 1.82) is 0 Å². The Balaban J connectivity index is 2.32. The molecule has 0 aliphatic carbocycles. The van der Waals surface area contributed by atoms with Gasteiger partial charge in [0, 0.05) is 31.3 Å². The normalized spacial score (nSPS) is 12.7. The fraction of sp³-hybridized carbons (Fsp3) is 0.429. The molecule has 6 heteroatoms. The molecule has 1 unspecified atom stereocenters. The van der Waals surface area contributed by atoms with E-state index in [1.807, 2.05) is 14.0 Å². The third kappa shape index (κ3) is 2.83. The molecule has 20 heavy (non-hydrogen) atoms. The largest absolute Gasteiger partial charge is 0.313 e. The molecule has 0 amide bonds. The van der Waals surface area contributed by atoms with Crippen LogP contribution in [0.5, 0.6) is 0 Å². The first-order valence-corrected chi connectivity index (χ1v) is 6.93. The second kappa shape index (κ2) is 6.33. The first-order valence-electron chi connectivity index (χ1n) is 6.55. The molecule has 2 rings (SSSR count). The highest BCUT2D eigenvalue weighted by atomic mass is 35.5. The van der Waals surface area contributed by atoms with Gasteiger partial charge in [0.05, 0.1) is 22.6 Å². The van der Waals surface area contributed by atoms with Crippen molar-refractivity contribution >= 4 is 11.6 Å². The number of nitrogens with one attached hydrogen (secondary N) is 1. The number of hydrogen-bond donors (Lipinski definition) is 1. The Morgan fingerprint density at radius 3 is 2.80 bits per heavy atom. The Labute approximate surface area is 123 Å². The highest BCUT2D eigenvalue weighted by molar-refractivity contribution is 6.31. The van der Waals surface area contributed by atoms with Crippen LogP contribution in [-0.4, -0.2) is 21.8 Å². The lowest BCUT2D eigenvalue weighted by Gasteiger charge is -2.17. The van der Waals surface area contributed by atoms with Gasteiger partial charge < -0.3 is 5.32 Å². The number of halogens is 2. The Kier molecular flexibility index (Phi) is 4.73. The zero-order valence-electron chi connectivity index (χ0n) is 11.8. The van der Waals surface area contributed by atoms with Gasteiger partial charge in [-0.3, -0.25) is 9.67 Å². The van der Waals surface area contributed by atoms with Crippen molar-refractivity contribution in [3.8, 4) is 0 Å². The van der Waals surface area contributed by atoms with Crippen molar-refractivity contribution in [1.82, 2.24) is 20.1 Å². The number of aryl methyl sites for hydroxylation is 2. The summed E-state index contributed by atoms with van der Waals surface area (Å²) in [6.45, 7) is 2.01. The van der Waals surface area contributed by atoms with Gasteiger partial charge >= 0.3 is 0 Å². The van der Waals surface area contributed by atoms with Crippen LogP contribution in [0.4, 0.5) is 4.39 Å². The average molecular weight is 297 g/mol. The van der Waals surface area contributed by atoms with Gasteiger partial charge in [0.25, 0.3) is 0 Å². The molecule has 1 atom stereocenters. The number of aromatic nitrogens is 3. The van der Waals surface area contributed by atoms with Crippen molar-refractivity contribution < 1.29 is 4.39 Å². The molecule has 2 aromatic rings. The van der Waals surface area contributed by atoms with Gasteiger partial charge in [0.15, 0.2) is 0 Å². The smallest absolute Gasteiger partial charge is 0.146 e. The molecule has 2 heterocycles. The van der Waals surface area contributed by atoms with E-state index >= 15 is 0 Å². The molecule has 0 aliphatic heterocycles.